The van der Waals surface area contributed by atoms with Gasteiger partial charge in [0.05, 0.1) is 0 Å². The van der Waals surface area contributed by atoms with E-state index in [2.05, 4.69) is 14.6 Å². The smallest absolute Gasteiger partial charge is 0.243 e. The number of rotatable bonds is 5. The first kappa shape index (κ1) is 17.7. The van der Waals surface area contributed by atoms with Crippen LogP contribution in [0.3, 0.4) is 0 Å². The number of nitrogens with one attached hydrogen (secondary N) is 1. The summed E-state index contributed by atoms with van der Waals surface area (Å²) in [6.07, 6.45) is 3.72. The van der Waals surface area contributed by atoms with E-state index >= 15 is 0 Å². The summed E-state index contributed by atoms with van der Waals surface area (Å²) in [6, 6.07) is 4.64. The molecule has 0 atom stereocenters. The number of hydrogen-bond donors (Lipinski definition) is 1. The number of hydrogen-bond acceptors (Lipinski definition) is 4. The monoisotopic (exact) mass is 371 g/mol. The second kappa shape index (κ2) is 7.01. The molecule has 0 radical (unpaired) electrons. The molecule has 9 heteroatoms. The van der Waals surface area contributed by atoms with Crippen molar-refractivity contribution in [3.8, 4) is 0 Å². The third kappa shape index (κ3) is 3.77. The number of nitrogens with zero attached hydrogens (tertiary/aromatic N) is 2. The van der Waals surface area contributed by atoms with E-state index in [0.29, 0.717) is 17.7 Å². The van der Waals surface area contributed by atoms with Gasteiger partial charge in [0.1, 0.15) is 10.7 Å². The maximum atomic E-state index is 13.7. The van der Waals surface area contributed by atoms with Crippen molar-refractivity contribution in [2.24, 2.45) is 0 Å². The molecule has 0 bridgehead atoms. The summed E-state index contributed by atoms with van der Waals surface area (Å²) in [5, 5.41) is 0. The summed E-state index contributed by atoms with van der Waals surface area (Å²) < 4.78 is 66.4. The maximum absolute atomic E-state index is 13.7. The van der Waals surface area contributed by atoms with Crippen molar-refractivity contribution in [3.05, 3.63) is 53.5 Å². The van der Waals surface area contributed by atoms with Crippen LogP contribution in [-0.2, 0) is 16.6 Å². The van der Waals surface area contributed by atoms with Crippen LogP contribution in [0.1, 0.15) is 18.4 Å². The van der Waals surface area contributed by atoms with Gasteiger partial charge in [0.25, 0.3) is 0 Å². The highest BCUT2D eigenvalue weighted by atomic mass is 32.2. The quantitative estimate of drug-likeness (QED) is 0.821. The molecule has 2 heterocycles. The Kier molecular flexibility index (Phi) is 4.96. The average molecular weight is 371 g/mol. The summed E-state index contributed by atoms with van der Waals surface area (Å²) >= 11 is 0. The summed E-state index contributed by atoms with van der Waals surface area (Å²) in [6.45, 7) is 1.66. The molecule has 1 aliphatic heterocycles. The average Bonchev–Trinajstić information content (AvgIpc) is 3.13. The molecule has 0 aliphatic carbocycles. The Balaban J connectivity index is 1.77. The molecule has 0 amide bonds. The molecule has 25 heavy (non-hydrogen) atoms. The highest BCUT2D eigenvalue weighted by molar-refractivity contribution is 7.89. The second-order valence-electron chi connectivity index (χ2n) is 5.71. The molecule has 1 aliphatic rings. The molecule has 0 unspecified atom stereocenters. The standard InChI is InChI=1S/C16H16F3N3O2S/c17-12-3-4-13(16(19)15(12)18)25(23,24)21-10-11-5-6-20-14(9-11)22-7-1-2-8-22/h3-6,9,21H,1-2,7-8,10H2. The molecule has 1 aromatic heterocycles. The normalized spacial score (nSPS) is 14.9. The fourth-order valence-corrected chi connectivity index (χ4v) is 3.75. The molecule has 1 N–H and O–H groups in total. The van der Waals surface area contributed by atoms with E-state index in [9.17, 15) is 21.6 Å². The van der Waals surface area contributed by atoms with E-state index in [1.807, 2.05) is 0 Å². The fourth-order valence-electron chi connectivity index (χ4n) is 2.66. The van der Waals surface area contributed by atoms with E-state index in [1.54, 1.807) is 18.3 Å². The van der Waals surface area contributed by atoms with Crippen molar-refractivity contribution in [2.45, 2.75) is 24.3 Å². The third-order valence-corrected chi connectivity index (χ3v) is 5.41. The molecular weight excluding hydrogens is 355 g/mol. The summed E-state index contributed by atoms with van der Waals surface area (Å²) in [5.41, 5.74) is 0.628. The molecule has 5 nitrogen and oxygen atoms in total. The molecule has 3 rings (SSSR count). The van der Waals surface area contributed by atoms with Gasteiger partial charge in [0.15, 0.2) is 17.5 Å². The van der Waals surface area contributed by atoms with Crippen molar-refractivity contribution in [1.82, 2.24) is 9.71 Å². The van der Waals surface area contributed by atoms with Crippen LogP contribution in [-0.4, -0.2) is 26.5 Å². The summed E-state index contributed by atoms with van der Waals surface area (Å²) in [7, 11) is -4.33. The third-order valence-electron chi connectivity index (χ3n) is 4.00. The predicted molar refractivity (Wildman–Crippen MR) is 86.0 cm³/mol. The van der Waals surface area contributed by atoms with Crippen LogP contribution in [0.25, 0.3) is 0 Å². The molecule has 2 aromatic rings. The van der Waals surface area contributed by atoms with Gasteiger partial charge in [-0.1, -0.05) is 0 Å². The van der Waals surface area contributed by atoms with Crippen molar-refractivity contribution < 1.29 is 21.6 Å². The number of halogens is 3. The minimum Gasteiger partial charge on any atom is -0.357 e. The van der Waals surface area contributed by atoms with Crippen molar-refractivity contribution >= 4 is 15.8 Å². The second-order valence-corrected chi connectivity index (χ2v) is 7.45. The lowest BCUT2D eigenvalue weighted by Crippen LogP contribution is -2.25. The first-order valence-corrected chi connectivity index (χ1v) is 9.20. The van der Waals surface area contributed by atoms with Crippen molar-refractivity contribution in [3.63, 3.8) is 0 Å². The van der Waals surface area contributed by atoms with Crippen LogP contribution in [0.2, 0.25) is 0 Å². The van der Waals surface area contributed by atoms with Crippen LogP contribution in [0, 0.1) is 17.5 Å². The molecule has 134 valence electrons. The first-order chi connectivity index (χ1) is 11.9. The van der Waals surface area contributed by atoms with Gasteiger partial charge in [0.2, 0.25) is 10.0 Å². The van der Waals surface area contributed by atoms with Crippen LogP contribution in [0.4, 0.5) is 19.0 Å². The molecular formula is C16H16F3N3O2S. The van der Waals surface area contributed by atoms with Crippen molar-refractivity contribution in [2.75, 3.05) is 18.0 Å². The van der Waals surface area contributed by atoms with Crippen LogP contribution < -0.4 is 9.62 Å². The number of benzene rings is 1. The zero-order valence-electron chi connectivity index (χ0n) is 13.2. The zero-order valence-corrected chi connectivity index (χ0v) is 14.0. The van der Waals surface area contributed by atoms with Gasteiger partial charge in [-0.3, -0.25) is 0 Å². The van der Waals surface area contributed by atoms with Crippen LogP contribution >= 0.6 is 0 Å². The molecule has 0 saturated carbocycles. The van der Waals surface area contributed by atoms with E-state index < -0.39 is 32.4 Å². The van der Waals surface area contributed by atoms with E-state index in [4.69, 9.17) is 0 Å². The number of aromatic nitrogens is 1. The lowest BCUT2D eigenvalue weighted by atomic mass is 10.2. The Bertz CT molecular complexity index is 884. The highest BCUT2D eigenvalue weighted by Crippen LogP contribution is 2.21. The Labute approximate surface area is 143 Å². The zero-order chi connectivity index (χ0) is 18.0. The van der Waals surface area contributed by atoms with E-state index in [-0.39, 0.29) is 6.54 Å². The highest BCUT2D eigenvalue weighted by Gasteiger charge is 2.24. The Morgan fingerprint density at radius 1 is 1.08 bits per heavy atom. The van der Waals surface area contributed by atoms with E-state index in [0.717, 1.165) is 31.7 Å². The topological polar surface area (TPSA) is 62.3 Å². The summed E-state index contributed by atoms with van der Waals surface area (Å²) in [5.74, 6) is -4.25. The summed E-state index contributed by atoms with van der Waals surface area (Å²) in [4.78, 5) is 5.42. The Hall–Kier alpha value is -2.13. The van der Waals surface area contributed by atoms with Gasteiger partial charge in [-0.15, -0.1) is 0 Å². The molecule has 1 aromatic carbocycles. The van der Waals surface area contributed by atoms with Gasteiger partial charge >= 0.3 is 0 Å². The van der Waals surface area contributed by atoms with Gasteiger partial charge < -0.3 is 4.90 Å². The van der Waals surface area contributed by atoms with Gasteiger partial charge in [-0.25, -0.2) is 31.3 Å². The maximum Gasteiger partial charge on any atom is 0.243 e. The Morgan fingerprint density at radius 2 is 1.80 bits per heavy atom. The van der Waals surface area contributed by atoms with Gasteiger partial charge in [-0.2, -0.15) is 0 Å². The minimum atomic E-state index is -4.33. The van der Waals surface area contributed by atoms with Crippen LogP contribution in [0.5, 0.6) is 0 Å². The fraction of sp³-hybridized carbons (Fsp3) is 0.312. The van der Waals surface area contributed by atoms with Gasteiger partial charge in [-0.05, 0) is 42.7 Å². The SMILES string of the molecule is O=S(=O)(NCc1ccnc(N2CCCC2)c1)c1ccc(F)c(F)c1F. The van der Waals surface area contributed by atoms with E-state index in [1.165, 1.54) is 0 Å². The molecule has 1 fully saturated rings. The lowest BCUT2D eigenvalue weighted by molar-refractivity contribution is 0.431. The number of anilines is 1. The van der Waals surface area contributed by atoms with Crippen molar-refractivity contribution in [1.29, 1.82) is 0 Å². The molecule has 1 saturated heterocycles. The Morgan fingerprint density at radius 3 is 2.52 bits per heavy atom. The van der Waals surface area contributed by atoms with Gasteiger partial charge in [0, 0.05) is 25.8 Å². The molecule has 0 spiro atoms. The number of sulfonamides is 1. The largest absolute Gasteiger partial charge is 0.357 e. The number of pyridine rings is 1. The first-order valence-electron chi connectivity index (χ1n) is 7.71. The predicted octanol–water partition coefficient (Wildman–Crippen LogP) is 2.58. The van der Waals surface area contributed by atoms with Crippen LogP contribution in [0.15, 0.2) is 35.4 Å². The lowest BCUT2D eigenvalue weighted by Gasteiger charge is -2.17. The minimum absolute atomic E-state index is 0.121.